The fourth-order valence-corrected chi connectivity index (χ4v) is 4.91. The van der Waals surface area contributed by atoms with Gasteiger partial charge in [-0.05, 0) is 79.6 Å². The Bertz CT molecular complexity index is 1650. The van der Waals surface area contributed by atoms with Gasteiger partial charge in [-0.3, -0.25) is 14.4 Å². The molecule has 0 heterocycles. The third-order valence-corrected chi connectivity index (χ3v) is 7.51. The minimum atomic E-state index is -0.538. The van der Waals surface area contributed by atoms with Gasteiger partial charge >= 0.3 is 0 Å². The molecule has 3 amide bonds. The first-order valence-corrected chi connectivity index (χ1v) is 14.5. The van der Waals surface area contributed by atoms with Crippen molar-refractivity contribution in [2.24, 2.45) is 0 Å². The number of carbonyl (C=O) groups is 3. The van der Waals surface area contributed by atoms with Crippen LogP contribution in [-0.4, -0.2) is 37.7 Å². The van der Waals surface area contributed by atoms with E-state index in [0.717, 1.165) is 21.7 Å². The molecule has 4 aromatic carbocycles. The monoisotopic (exact) mass is 595 g/mol. The van der Waals surface area contributed by atoms with Crippen LogP contribution in [0.15, 0.2) is 102 Å². The van der Waals surface area contributed by atoms with E-state index in [1.807, 2.05) is 38.1 Å². The number of methoxy groups -OCH3 is 2. The van der Waals surface area contributed by atoms with Gasteiger partial charge in [0.1, 0.15) is 5.70 Å². The van der Waals surface area contributed by atoms with Crippen molar-refractivity contribution in [3.8, 4) is 11.5 Å². The Kier molecular flexibility index (Phi) is 10.6. The molecule has 0 unspecified atom stereocenters. The van der Waals surface area contributed by atoms with Gasteiger partial charge in [0, 0.05) is 27.4 Å². The highest BCUT2D eigenvalue weighted by Gasteiger charge is 2.17. The lowest BCUT2D eigenvalue weighted by atomic mass is 10.1. The maximum atomic E-state index is 13.5. The van der Waals surface area contributed by atoms with Gasteiger partial charge in [0.05, 0.1) is 20.0 Å². The number of aryl methyl sites for hydroxylation is 2. The zero-order chi connectivity index (χ0) is 30.8. The van der Waals surface area contributed by atoms with E-state index in [1.165, 1.54) is 32.1 Å². The second kappa shape index (κ2) is 14.7. The van der Waals surface area contributed by atoms with E-state index in [0.29, 0.717) is 28.3 Å². The van der Waals surface area contributed by atoms with E-state index < -0.39 is 11.8 Å². The quantitative estimate of drug-likeness (QED) is 0.136. The first kappa shape index (κ1) is 30.9. The number of anilines is 2. The van der Waals surface area contributed by atoms with E-state index in [1.54, 1.807) is 66.7 Å². The molecule has 0 spiro atoms. The van der Waals surface area contributed by atoms with Gasteiger partial charge < -0.3 is 25.4 Å². The highest BCUT2D eigenvalue weighted by molar-refractivity contribution is 8.00. The van der Waals surface area contributed by atoms with Crippen molar-refractivity contribution in [1.82, 2.24) is 5.32 Å². The van der Waals surface area contributed by atoms with Crippen LogP contribution in [-0.2, 0) is 9.59 Å². The highest BCUT2D eigenvalue weighted by atomic mass is 32.2. The summed E-state index contributed by atoms with van der Waals surface area (Å²) in [6, 6.07) is 26.8. The number of nitrogens with one attached hydrogen (secondary N) is 3. The SMILES string of the molecule is COc1cccc(/C=C(/NC(=O)c2ccccc2)C(=O)Nc2cccc(SCC(=O)Nc3ccc(C)c(C)c3)c2)c1OC. The van der Waals surface area contributed by atoms with Crippen molar-refractivity contribution in [3.63, 3.8) is 0 Å². The van der Waals surface area contributed by atoms with E-state index in [2.05, 4.69) is 16.0 Å². The van der Waals surface area contributed by atoms with Gasteiger partial charge in [0.2, 0.25) is 5.91 Å². The number of amides is 3. The van der Waals surface area contributed by atoms with Gasteiger partial charge in [-0.1, -0.05) is 42.5 Å². The molecule has 8 nitrogen and oxygen atoms in total. The van der Waals surface area contributed by atoms with Crippen LogP contribution in [0.3, 0.4) is 0 Å². The number of ether oxygens (including phenoxy) is 2. The predicted molar refractivity (Wildman–Crippen MR) is 172 cm³/mol. The Morgan fingerprint density at radius 3 is 2.23 bits per heavy atom. The van der Waals surface area contributed by atoms with Crippen molar-refractivity contribution in [3.05, 3.63) is 119 Å². The number of para-hydroxylation sites is 1. The van der Waals surface area contributed by atoms with Crippen LogP contribution in [0.1, 0.15) is 27.0 Å². The Labute approximate surface area is 255 Å². The first-order chi connectivity index (χ1) is 20.8. The summed E-state index contributed by atoms with van der Waals surface area (Å²) in [5.41, 5.74) is 4.46. The number of hydrogen-bond acceptors (Lipinski definition) is 6. The number of hydrogen-bond donors (Lipinski definition) is 3. The molecule has 43 heavy (non-hydrogen) atoms. The van der Waals surface area contributed by atoms with E-state index in [4.69, 9.17) is 9.47 Å². The topological polar surface area (TPSA) is 106 Å². The Morgan fingerprint density at radius 1 is 0.767 bits per heavy atom. The van der Waals surface area contributed by atoms with Crippen molar-refractivity contribution < 1.29 is 23.9 Å². The van der Waals surface area contributed by atoms with Crippen molar-refractivity contribution in [1.29, 1.82) is 0 Å². The van der Waals surface area contributed by atoms with Crippen LogP contribution < -0.4 is 25.4 Å². The smallest absolute Gasteiger partial charge is 0.272 e. The summed E-state index contributed by atoms with van der Waals surface area (Å²) < 4.78 is 10.9. The molecule has 0 aliphatic heterocycles. The van der Waals surface area contributed by atoms with Gasteiger partial charge in [0.15, 0.2) is 11.5 Å². The van der Waals surface area contributed by atoms with E-state index >= 15 is 0 Å². The van der Waals surface area contributed by atoms with Gasteiger partial charge in [-0.15, -0.1) is 11.8 Å². The second-order valence-corrected chi connectivity index (χ2v) is 10.6. The predicted octanol–water partition coefficient (Wildman–Crippen LogP) is 6.46. The molecule has 0 atom stereocenters. The van der Waals surface area contributed by atoms with Crippen LogP contribution >= 0.6 is 11.8 Å². The maximum absolute atomic E-state index is 13.5. The Morgan fingerprint density at radius 2 is 1.51 bits per heavy atom. The lowest BCUT2D eigenvalue weighted by Crippen LogP contribution is -2.30. The molecule has 3 N–H and O–H groups in total. The van der Waals surface area contributed by atoms with E-state index in [-0.39, 0.29) is 17.4 Å². The minimum absolute atomic E-state index is 0.00577. The number of rotatable bonds is 11. The average molecular weight is 596 g/mol. The number of benzene rings is 4. The van der Waals surface area contributed by atoms with Crippen LogP contribution in [0.5, 0.6) is 11.5 Å². The highest BCUT2D eigenvalue weighted by Crippen LogP contribution is 2.32. The molecule has 0 bridgehead atoms. The molecule has 4 rings (SSSR count). The van der Waals surface area contributed by atoms with Crippen molar-refractivity contribution >= 4 is 46.9 Å². The molecule has 0 saturated heterocycles. The zero-order valence-electron chi connectivity index (χ0n) is 24.4. The Balaban J connectivity index is 1.51. The largest absolute Gasteiger partial charge is 0.493 e. The maximum Gasteiger partial charge on any atom is 0.272 e. The second-order valence-electron chi connectivity index (χ2n) is 9.58. The molecule has 4 aromatic rings. The summed E-state index contributed by atoms with van der Waals surface area (Å²) in [7, 11) is 3.02. The lowest BCUT2D eigenvalue weighted by molar-refractivity contribution is -0.114. The van der Waals surface area contributed by atoms with Crippen LogP contribution in [0, 0.1) is 13.8 Å². The zero-order valence-corrected chi connectivity index (χ0v) is 25.2. The van der Waals surface area contributed by atoms with Crippen molar-refractivity contribution in [2.45, 2.75) is 18.7 Å². The molecule has 0 aliphatic rings. The van der Waals surface area contributed by atoms with E-state index in [9.17, 15) is 14.4 Å². The summed E-state index contributed by atoms with van der Waals surface area (Å²) in [5.74, 6) is -0.0213. The summed E-state index contributed by atoms with van der Waals surface area (Å²) in [6.45, 7) is 4.02. The third kappa shape index (κ3) is 8.50. The van der Waals surface area contributed by atoms with Crippen LogP contribution in [0.4, 0.5) is 11.4 Å². The molecule has 0 fully saturated rings. The molecule has 220 valence electrons. The minimum Gasteiger partial charge on any atom is -0.493 e. The van der Waals surface area contributed by atoms with Gasteiger partial charge in [0.25, 0.3) is 11.8 Å². The lowest BCUT2D eigenvalue weighted by Gasteiger charge is -2.14. The standard InChI is InChI=1S/C34H33N3O5S/c1-22-16-17-27(18-23(22)2)35-31(38)21-43-28-14-9-13-26(20-28)36-34(40)29(37-33(39)24-10-6-5-7-11-24)19-25-12-8-15-30(41-3)32(25)42-4/h5-20H,21H2,1-4H3,(H,35,38)(H,36,40)(H,37,39)/b29-19+. The summed E-state index contributed by atoms with van der Waals surface area (Å²) in [6.07, 6.45) is 1.53. The number of carbonyl (C=O) groups excluding carboxylic acids is 3. The molecule has 0 saturated carbocycles. The molecule has 0 radical (unpaired) electrons. The Hall–Kier alpha value is -5.02. The molecule has 0 aliphatic carbocycles. The van der Waals surface area contributed by atoms with Crippen LogP contribution in [0.2, 0.25) is 0 Å². The van der Waals surface area contributed by atoms with Gasteiger partial charge in [-0.25, -0.2) is 0 Å². The molecular formula is C34H33N3O5S. The molecule has 9 heteroatoms. The van der Waals surface area contributed by atoms with Crippen molar-refractivity contribution in [2.75, 3.05) is 30.6 Å². The normalized spacial score (nSPS) is 10.9. The molecule has 0 aromatic heterocycles. The summed E-state index contributed by atoms with van der Waals surface area (Å²) in [4.78, 5) is 39.9. The van der Waals surface area contributed by atoms with Gasteiger partial charge in [-0.2, -0.15) is 0 Å². The fourth-order valence-electron chi connectivity index (χ4n) is 4.15. The average Bonchev–Trinajstić information content (AvgIpc) is 3.01. The number of thioether (sulfide) groups is 1. The summed E-state index contributed by atoms with van der Waals surface area (Å²) in [5, 5.41) is 8.51. The third-order valence-electron chi connectivity index (χ3n) is 6.51. The molecular weight excluding hydrogens is 562 g/mol. The fraction of sp³-hybridized carbons (Fsp3) is 0.147. The van der Waals surface area contributed by atoms with Crippen LogP contribution in [0.25, 0.3) is 6.08 Å². The first-order valence-electron chi connectivity index (χ1n) is 13.5. The summed E-state index contributed by atoms with van der Waals surface area (Å²) >= 11 is 1.35.